The number of benzene rings is 2. The Morgan fingerprint density at radius 1 is 1.19 bits per heavy atom. The number of nitrogens with one attached hydrogen (secondary N) is 1. The van der Waals surface area contributed by atoms with Crippen LogP contribution in [0.2, 0.25) is 5.02 Å². The number of rotatable bonds is 7. The topological polar surface area (TPSA) is 51.2 Å². The normalized spacial score (nSPS) is 10.8. The van der Waals surface area contributed by atoms with E-state index in [0.29, 0.717) is 29.8 Å². The van der Waals surface area contributed by atoms with Crippen LogP contribution >= 0.6 is 22.9 Å². The molecular formula is C21H21ClN2O2S. The maximum absolute atomic E-state index is 12.2. The van der Waals surface area contributed by atoms with Gasteiger partial charge in [-0.1, -0.05) is 49.7 Å². The molecule has 6 heteroatoms. The van der Waals surface area contributed by atoms with Gasteiger partial charge in [0.05, 0.1) is 5.56 Å². The van der Waals surface area contributed by atoms with Gasteiger partial charge in [-0.15, -0.1) is 11.3 Å². The summed E-state index contributed by atoms with van der Waals surface area (Å²) in [5.74, 6) is 0.982. The average Bonchev–Trinajstić information content (AvgIpc) is 3.16. The summed E-state index contributed by atoms with van der Waals surface area (Å²) in [5.41, 5.74) is 2.34. The molecule has 0 aliphatic rings. The second kappa shape index (κ2) is 9.02. The molecule has 0 saturated carbocycles. The van der Waals surface area contributed by atoms with Crippen LogP contribution in [-0.2, 0) is 6.61 Å². The predicted molar refractivity (Wildman–Crippen MR) is 111 cm³/mol. The lowest BCUT2D eigenvalue weighted by molar-refractivity contribution is 0.0945. The van der Waals surface area contributed by atoms with Crippen molar-refractivity contribution in [2.24, 2.45) is 5.92 Å². The zero-order valence-corrected chi connectivity index (χ0v) is 16.8. The van der Waals surface area contributed by atoms with Crippen LogP contribution in [0.3, 0.4) is 0 Å². The number of halogens is 1. The summed E-state index contributed by atoms with van der Waals surface area (Å²) in [4.78, 5) is 16.7. The van der Waals surface area contributed by atoms with Crippen LogP contribution in [0.5, 0.6) is 5.75 Å². The van der Waals surface area contributed by atoms with Crippen LogP contribution in [0.15, 0.2) is 53.9 Å². The van der Waals surface area contributed by atoms with Gasteiger partial charge in [-0.2, -0.15) is 0 Å². The summed E-state index contributed by atoms with van der Waals surface area (Å²) in [6, 6.07) is 15.3. The molecule has 0 radical (unpaired) electrons. The second-order valence-electron chi connectivity index (χ2n) is 6.55. The van der Waals surface area contributed by atoms with E-state index < -0.39 is 0 Å². The smallest absolute Gasteiger partial charge is 0.270 e. The van der Waals surface area contributed by atoms with Gasteiger partial charge in [0, 0.05) is 16.9 Å². The monoisotopic (exact) mass is 400 g/mol. The minimum atomic E-state index is -0.147. The lowest BCUT2D eigenvalue weighted by atomic mass is 10.2. The molecule has 4 nitrogen and oxygen atoms in total. The molecular weight excluding hydrogens is 380 g/mol. The fraction of sp³-hybridized carbons (Fsp3) is 0.238. The van der Waals surface area contributed by atoms with Crippen molar-refractivity contribution in [2.45, 2.75) is 20.5 Å². The van der Waals surface area contributed by atoms with Gasteiger partial charge in [-0.05, 0) is 35.7 Å². The van der Waals surface area contributed by atoms with Crippen LogP contribution in [0.4, 0.5) is 0 Å². The van der Waals surface area contributed by atoms with Crippen molar-refractivity contribution in [3.8, 4) is 16.3 Å². The predicted octanol–water partition coefficient (Wildman–Crippen LogP) is 5.43. The minimum Gasteiger partial charge on any atom is -0.488 e. The number of amides is 1. The van der Waals surface area contributed by atoms with E-state index in [2.05, 4.69) is 24.1 Å². The van der Waals surface area contributed by atoms with Crippen LogP contribution in [0, 0.1) is 5.92 Å². The van der Waals surface area contributed by atoms with Crippen molar-refractivity contribution < 1.29 is 9.53 Å². The molecule has 0 spiro atoms. The van der Waals surface area contributed by atoms with E-state index >= 15 is 0 Å². The Hall–Kier alpha value is -2.37. The second-order valence-corrected chi connectivity index (χ2v) is 7.85. The highest BCUT2D eigenvalue weighted by molar-refractivity contribution is 7.13. The van der Waals surface area contributed by atoms with E-state index in [1.54, 1.807) is 5.38 Å². The van der Waals surface area contributed by atoms with Crippen LogP contribution in [0.1, 0.15) is 29.9 Å². The third-order valence-electron chi connectivity index (χ3n) is 3.83. The van der Waals surface area contributed by atoms with Crippen LogP contribution in [0.25, 0.3) is 10.6 Å². The first-order chi connectivity index (χ1) is 13.0. The van der Waals surface area contributed by atoms with Crippen LogP contribution in [-0.4, -0.2) is 17.4 Å². The quantitative estimate of drug-likeness (QED) is 0.575. The van der Waals surface area contributed by atoms with Gasteiger partial charge in [0.25, 0.3) is 5.91 Å². The first-order valence-electron chi connectivity index (χ1n) is 8.73. The van der Waals surface area contributed by atoms with Gasteiger partial charge >= 0.3 is 0 Å². The highest BCUT2D eigenvalue weighted by Gasteiger charge is 2.14. The molecule has 3 rings (SSSR count). The van der Waals surface area contributed by atoms with Crippen molar-refractivity contribution >= 4 is 28.8 Å². The number of aromatic nitrogens is 1. The lowest BCUT2D eigenvalue weighted by Crippen LogP contribution is -2.27. The number of para-hydroxylation sites is 1. The van der Waals surface area contributed by atoms with Crippen LogP contribution < -0.4 is 10.1 Å². The highest BCUT2D eigenvalue weighted by Crippen LogP contribution is 2.32. The first kappa shape index (κ1) is 19.4. The molecule has 27 heavy (non-hydrogen) atoms. The van der Waals surface area contributed by atoms with Gasteiger partial charge in [-0.3, -0.25) is 4.79 Å². The van der Waals surface area contributed by atoms with Crippen molar-refractivity contribution in [3.05, 3.63) is 70.2 Å². The maximum Gasteiger partial charge on any atom is 0.270 e. The third kappa shape index (κ3) is 5.31. The number of hydrogen-bond donors (Lipinski definition) is 1. The molecule has 1 amide bonds. The number of hydrogen-bond acceptors (Lipinski definition) is 4. The molecule has 0 bridgehead atoms. The Kier molecular flexibility index (Phi) is 6.48. The van der Waals surface area contributed by atoms with E-state index in [9.17, 15) is 4.79 Å². The summed E-state index contributed by atoms with van der Waals surface area (Å²) < 4.78 is 5.99. The van der Waals surface area contributed by atoms with Gasteiger partial charge < -0.3 is 10.1 Å². The molecule has 0 unspecified atom stereocenters. The Morgan fingerprint density at radius 3 is 2.67 bits per heavy atom. The third-order valence-corrected chi connectivity index (χ3v) is 4.96. The number of carbonyl (C=O) groups is 1. The number of ether oxygens (including phenoxy) is 1. The summed E-state index contributed by atoms with van der Waals surface area (Å²) in [5, 5.41) is 6.13. The Morgan fingerprint density at radius 2 is 1.93 bits per heavy atom. The average molecular weight is 401 g/mol. The van der Waals surface area contributed by atoms with Gasteiger partial charge in [0.2, 0.25) is 0 Å². The summed E-state index contributed by atoms with van der Waals surface area (Å²) >= 11 is 7.35. The van der Waals surface area contributed by atoms with Gasteiger partial charge in [0.15, 0.2) is 0 Å². The zero-order chi connectivity index (χ0) is 19.2. The maximum atomic E-state index is 12.2. The van der Waals surface area contributed by atoms with E-state index in [0.717, 1.165) is 21.9 Å². The Labute approximate surface area is 168 Å². The molecule has 1 N–H and O–H groups in total. The number of nitrogens with zero attached hydrogens (tertiary/aromatic N) is 1. The van der Waals surface area contributed by atoms with Crippen molar-refractivity contribution in [2.75, 3.05) is 6.54 Å². The Bertz CT molecular complexity index is 907. The highest BCUT2D eigenvalue weighted by atomic mass is 35.5. The van der Waals surface area contributed by atoms with Crippen molar-refractivity contribution in [1.29, 1.82) is 0 Å². The first-order valence-corrected chi connectivity index (χ1v) is 9.99. The molecule has 140 valence electrons. The van der Waals surface area contributed by atoms with Gasteiger partial charge in [0.1, 0.15) is 23.1 Å². The largest absolute Gasteiger partial charge is 0.488 e. The van der Waals surface area contributed by atoms with Crippen molar-refractivity contribution in [3.63, 3.8) is 0 Å². The molecule has 0 fully saturated rings. The van der Waals surface area contributed by atoms with E-state index in [-0.39, 0.29) is 5.91 Å². The SMILES string of the molecule is CC(C)CNC(=O)c1csc(-c2ccccc2OCc2ccc(Cl)cc2)n1. The Balaban J connectivity index is 1.74. The molecule has 0 atom stereocenters. The fourth-order valence-electron chi connectivity index (χ4n) is 2.40. The minimum absolute atomic E-state index is 0.147. The van der Waals surface area contributed by atoms with E-state index in [1.807, 2.05) is 48.5 Å². The lowest BCUT2D eigenvalue weighted by Gasteiger charge is -2.10. The summed E-state index contributed by atoms with van der Waals surface area (Å²) in [6.07, 6.45) is 0. The molecule has 0 saturated heterocycles. The van der Waals surface area contributed by atoms with E-state index in [1.165, 1.54) is 11.3 Å². The summed E-state index contributed by atoms with van der Waals surface area (Å²) in [6.45, 7) is 5.18. The molecule has 2 aromatic carbocycles. The van der Waals surface area contributed by atoms with Gasteiger partial charge in [-0.25, -0.2) is 4.98 Å². The molecule has 1 heterocycles. The number of carbonyl (C=O) groups excluding carboxylic acids is 1. The standard InChI is InChI=1S/C21H21ClN2O2S/c1-14(2)11-23-20(25)18-13-27-21(24-18)17-5-3-4-6-19(17)26-12-15-7-9-16(22)10-8-15/h3-10,13-14H,11-12H2,1-2H3,(H,23,25). The molecule has 0 aliphatic carbocycles. The zero-order valence-electron chi connectivity index (χ0n) is 15.2. The van der Waals surface area contributed by atoms with E-state index in [4.69, 9.17) is 16.3 Å². The fourth-order valence-corrected chi connectivity index (χ4v) is 3.36. The molecule has 0 aliphatic heterocycles. The number of thiazole rings is 1. The van der Waals surface area contributed by atoms with Crippen molar-refractivity contribution in [1.82, 2.24) is 10.3 Å². The molecule has 1 aromatic heterocycles. The summed E-state index contributed by atoms with van der Waals surface area (Å²) in [7, 11) is 0. The molecule has 3 aromatic rings.